The van der Waals surface area contributed by atoms with Gasteiger partial charge in [0.05, 0.1) is 29.5 Å². The zero-order valence-electron chi connectivity index (χ0n) is 18.3. The van der Waals surface area contributed by atoms with Crippen molar-refractivity contribution in [1.82, 2.24) is 25.3 Å². The average molecular weight is 482 g/mol. The number of amides is 4. The van der Waals surface area contributed by atoms with Crippen molar-refractivity contribution < 1.29 is 18.8 Å². The van der Waals surface area contributed by atoms with Gasteiger partial charge in [-0.25, -0.2) is 9.78 Å². The monoisotopic (exact) mass is 481 g/mol. The van der Waals surface area contributed by atoms with E-state index in [1.807, 2.05) is 0 Å². The third kappa shape index (κ3) is 4.07. The van der Waals surface area contributed by atoms with Crippen LogP contribution >= 0.6 is 11.8 Å². The summed E-state index contributed by atoms with van der Waals surface area (Å²) < 4.78 is 6.84. The summed E-state index contributed by atoms with van der Waals surface area (Å²) in [5, 5.41) is 4.32. The van der Waals surface area contributed by atoms with E-state index in [0.29, 0.717) is 34.7 Å². The predicted octanol–water partition coefficient (Wildman–Crippen LogP) is 2.42. The van der Waals surface area contributed by atoms with Crippen LogP contribution < -0.4 is 16.3 Å². The first-order chi connectivity index (χ1) is 16.5. The lowest BCUT2D eigenvalue weighted by Crippen LogP contribution is -2.51. The first-order valence-electron chi connectivity index (χ1n) is 11.1. The first kappa shape index (κ1) is 22.2. The Bertz CT molecular complexity index is 1310. The van der Waals surface area contributed by atoms with Gasteiger partial charge < -0.3 is 9.73 Å². The fourth-order valence-electron chi connectivity index (χ4n) is 4.46. The molecule has 176 valence electrons. The van der Waals surface area contributed by atoms with E-state index in [0.717, 1.165) is 36.0 Å². The van der Waals surface area contributed by atoms with E-state index < -0.39 is 23.4 Å². The number of nitrogens with one attached hydrogen (secondary N) is 2. The van der Waals surface area contributed by atoms with E-state index in [-0.39, 0.29) is 17.9 Å². The first-order valence-corrected chi connectivity index (χ1v) is 12.1. The van der Waals surface area contributed by atoms with Crippen molar-refractivity contribution in [2.45, 2.75) is 49.3 Å². The Morgan fingerprint density at radius 3 is 2.68 bits per heavy atom. The van der Waals surface area contributed by atoms with E-state index in [1.165, 1.54) is 10.8 Å². The van der Waals surface area contributed by atoms with Gasteiger partial charge in [-0.15, -0.1) is 0 Å². The number of thioether (sulfide) groups is 1. The molecule has 5 rings (SSSR count). The highest BCUT2D eigenvalue weighted by molar-refractivity contribution is 7.99. The van der Waals surface area contributed by atoms with Crippen LogP contribution in [0.4, 0.5) is 4.79 Å². The molecule has 10 nitrogen and oxygen atoms in total. The Morgan fingerprint density at radius 1 is 1.12 bits per heavy atom. The predicted molar refractivity (Wildman–Crippen MR) is 124 cm³/mol. The molecule has 3 heterocycles. The molecule has 0 unspecified atom stereocenters. The van der Waals surface area contributed by atoms with E-state index in [4.69, 9.17) is 4.42 Å². The maximum absolute atomic E-state index is 13.1. The zero-order valence-corrected chi connectivity index (χ0v) is 19.1. The molecule has 2 aromatic heterocycles. The molecule has 34 heavy (non-hydrogen) atoms. The van der Waals surface area contributed by atoms with Crippen molar-refractivity contribution >= 4 is 40.5 Å². The molecular formula is C23H23N5O5S. The molecule has 2 fully saturated rings. The van der Waals surface area contributed by atoms with Gasteiger partial charge in [0.25, 0.3) is 11.5 Å². The lowest BCUT2D eigenvalue weighted by atomic mass is 9.82. The van der Waals surface area contributed by atoms with Crippen molar-refractivity contribution in [1.29, 1.82) is 0 Å². The van der Waals surface area contributed by atoms with Crippen LogP contribution in [0.5, 0.6) is 0 Å². The molecule has 2 aliphatic rings. The summed E-state index contributed by atoms with van der Waals surface area (Å²) in [6.07, 6.45) is 5.38. The number of imide groups is 1. The fourth-order valence-corrected chi connectivity index (χ4v) is 5.25. The molecule has 1 aromatic carbocycles. The minimum Gasteiger partial charge on any atom is -0.467 e. The summed E-state index contributed by atoms with van der Waals surface area (Å²) in [5.74, 6) is -0.544. The number of furan rings is 1. The highest BCUT2D eigenvalue weighted by Gasteiger charge is 2.52. The van der Waals surface area contributed by atoms with Gasteiger partial charge in [-0.3, -0.25) is 24.4 Å². The molecule has 1 saturated carbocycles. The molecule has 4 amide bonds. The van der Waals surface area contributed by atoms with Crippen molar-refractivity contribution in [3.05, 3.63) is 58.8 Å². The van der Waals surface area contributed by atoms with Crippen molar-refractivity contribution in [3.8, 4) is 0 Å². The number of urea groups is 1. The molecule has 0 atom stereocenters. The summed E-state index contributed by atoms with van der Waals surface area (Å²) in [4.78, 5) is 55.6. The number of fused-ring (bicyclic) bond motifs is 1. The fraction of sp³-hybridized carbons (Fsp3) is 0.348. The molecular weight excluding hydrogens is 458 g/mol. The van der Waals surface area contributed by atoms with Crippen LogP contribution in [0.3, 0.4) is 0 Å². The summed E-state index contributed by atoms with van der Waals surface area (Å²) in [6, 6.07) is 9.83. The van der Waals surface area contributed by atoms with Gasteiger partial charge >= 0.3 is 6.03 Å². The number of hydrogen-bond acceptors (Lipinski definition) is 7. The molecule has 1 aliphatic heterocycles. The molecule has 1 spiro atoms. The quantitative estimate of drug-likeness (QED) is 0.314. The topological polar surface area (TPSA) is 127 Å². The summed E-state index contributed by atoms with van der Waals surface area (Å²) in [5.41, 5.74) is 1.76. The number of aromatic nitrogens is 2. The van der Waals surface area contributed by atoms with Crippen LogP contribution in [0.25, 0.3) is 10.9 Å². The normalized spacial score (nSPS) is 17.4. The number of carbonyl (C=O) groups is 3. The third-order valence-electron chi connectivity index (χ3n) is 6.16. The summed E-state index contributed by atoms with van der Waals surface area (Å²) >= 11 is 1.05. The molecule has 11 heteroatoms. The largest absolute Gasteiger partial charge is 0.467 e. The highest BCUT2D eigenvalue weighted by Crippen LogP contribution is 2.33. The maximum Gasteiger partial charge on any atom is 0.344 e. The van der Waals surface area contributed by atoms with E-state index >= 15 is 0 Å². The molecule has 3 aromatic rings. The van der Waals surface area contributed by atoms with Crippen LogP contribution in [-0.2, 0) is 16.1 Å². The Morgan fingerprint density at radius 2 is 1.91 bits per heavy atom. The number of nitrogens with zero attached hydrogens (tertiary/aromatic N) is 3. The highest BCUT2D eigenvalue weighted by atomic mass is 32.2. The minimum atomic E-state index is -0.917. The van der Waals surface area contributed by atoms with Crippen molar-refractivity contribution in [2.75, 3.05) is 5.75 Å². The lowest BCUT2D eigenvalue weighted by Gasteiger charge is -2.30. The standard InChI is InChI=1S/C23H23N5O5S/c29-18(26-28-20(31)23(25-21(28)32)10-4-1-5-11-23)14-34-22-24-17-9-3-2-8-16(17)19(30)27(22)13-15-7-6-12-33-15/h2-3,6-9,12H,1,4-5,10-11,13-14H2,(H,25,32)(H,26,29). The van der Waals surface area contributed by atoms with Gasteiger partial charge in [0.15, 0.2) is 5.16 Å². The van der Waals surface area contributed by atoms with Gasteiger partial charge in [-0.1, -0.05) is 43.2 Å². The second-order valence-corrected chi connectivity index (χ2v) is 9.36. The third-order valence-corrected chi connectivity index (χ3v) is 7.13. The summed E-state index contributed by atoms with van der Waals surface area (Å²) in [6.45, 7) is 0.156. The maximum atomic E-state index is 13.1. The van der Waals surface area contributed by atoms with Crippen LogP contribution in [0.1, 0.15) is 37.9 Å². The van der Waals surface area contributed by atoms with Crippen molar-refractivity contribution in [2.24, 2.45) is 0 Å². The summed E-state index contributed by atoms with van der Waals surface area (Å²) in [7, 11) is 0. The van der Waals surface area contributed by atoms with Gasteiger partial charge in [0.1, 0.15) is 11.3 Å². The van der Waals surface area contributed by atoms with Gasteiger partial charge in [-0.2, -0.15) is 5.01 Å². The van der Waals surface area contributed by atoms with Crippen LogP contribution in [0.15, 0.2) is 57.0 Å². The lowest BCUT2D eigenvalue weighted by molar-refractivity contribution is -0.139. The molecule has 2 N–H and O–H groups in total. The van der Waals surface area contributed by atoms with Gasteiger partial charge in [0.2, 0.25) is 5.91 Å². The Labute approximate surface area is 198 Å². The zero-order chi connectivity index (χ0) is 23.7. The SMILES string of the molecule is O=C(CSc1nc2ccccc2c(=O)n1Cc1ccco1)NN1C(=O)NC2(CCCCC2)C1=O. The van der Waals surface area contributed by atoms with Gasteiger partial charge in [-0.05, 0) is 37.1 Å². The van der Waals surface area contributed by atoms with E-state index in [1.54, 1.807) is 36.4 Å². The molecule has 0 radical (unpaired) electrons. The number of hydrazine groups is 1. The van der Waals surface area contributed by atoms with Crippen molar-refractivity contribution in [3.63, 3.8) is 0 Å². The number of rotatable bonds is 6. The number of benzene rings is 1. The van der Waals surface area contributed by atoms with Crippen LogP contribution in [-0.4, -0.2) is 43.7 Å². The molecule has 1 aliphatic carbocycles. The molecule has 0 bridgehead atoms. The van der Waals surface area contributed by atoms with E-state index in [2.05, 4.69) is 15.7 Å². The number of carbonyl (C=O) groups excluding carboxylic acids is 3. The number of hydrogen-bond donors (Lipinski definition) is 2. The van der Waals surface area contributed by atoms with Gasteiger partial charge in [0, 0.05) is 0 Å². The van der Waals surface area contributed by atoms with Crippen LogP contribution in [0.2, 0.25) is 0 Å². The minimum absolute atomic E-state index is 0.146. The number of para-hydroxylation sites is 1. The second kappa shape index (κ2) is 8.98. The second-order valence-electron chi connectivity index (χ2n) is 8.42. The Hall–Kier alpha value is -3.60. The smallest absolute Gasteiger partial charge is 0.344 e. The van der Waals surface area contributed by atoms with Crippen LogP contribution in [0, 0.1) is 0 Å². The Kier molecular flexibility index (Phi) is 5.86. The molecule has 1 saturated heterocycles. The Balaban J connectivity index is 1.33. The average Bonchev–Trinajstić information content (AvgIpc) is 3.43. The van der Waals surface area contributed by atoms with E-state index in [9.17, 15) is 19.2 Å².